The van der Waals surface area contributed by atoms with Gasteiger partial charge in [0, 0.05) is 6.54 Å². The Balaban J connectivity index is 2.10. The van der Waals surface area contributed by atoms with Gasteiger partial charge in [-0.3, -0.25) is 4.79 Å². The first-order chi connectivity index (χ1) is 9.63. The maximum absolute atomic E-state index is 11.4. The lowest BCUT2D eigenvalue weighted by molar-refractivity contribution is -0.145. The molecule has 0 saturated carbocycles. The Bertz CT molecular complexity index is 419. The number of ether oxygens (including phenoxy) is 2. The lowest BCUT2D eigenvalue weighted by atomic mass is 10.1. The van der Waals surface area contributed by atoms with E-state index in [2.05, 4.69) is 10.1 Å². The van der Waals surface area contributed by atoms with Gasteiger partial charge in [-0.25, -0.2) is 4.79 Å². The third kappa shape index (κ3) is 6.22. The number of esters is 1. The van der Waals surface area contributed by atoms with Crippen molar-refractivity contribution < 1.29 is 19.1 Å². The average Bonchev–Trinajstić information content (AvgIpc) is 2.49. The Hall–Kier alpha value is -2.04. The highest BCUT2D eigenvalue weighted by molar-refractivity contribution is 5.71. The molecule has 1 N–H and O–H groups in total. The highest BCUT2D eigenvalue weighted by Crippen LogP contribution is 2.06. The van der Waals surface area contributed by atoms with Crippen molar-refractivity contribution in [2.45, 2.75) is 26.4 Å². The maximum atomic E-state index is 11.4. The monoisotopic (exact) mass is 279 g/mol. The Kier molecular flexibility index (Phi) is 7.17. The van der Waals surface area contributed by atoms with Crippen LogP contribution < -0.4 is 5.32 Å². The van der Waals surface area contributed by atoms with E-state index in [0.717, 1.165) is 5.56 Å². The fourth-order valence-electron chi connectivity index (χ4n) is 1.69. The number of rotatable bonds is 7. The van der Waals surface area contributed by atoms with Crippen LogP contribution in [0.5, 0.6) is 0 Å². The van der Waals surface area contributed by atoms with Gasteiger partial charge in [0.2, 0.25) is 0 Å². The average molecular weight is 279 g/mol. The first-order valence-corrected chi connectivity index (χ1v) is 6.66. The molecule has 0 spiro atoms. The van der Waals surface area contributed by atoms with E-state index in [1.165, 1.54) is 7.11 Å². The summed E-state index contributed by atoms with van der Waals surface area (Å²) in [5.74, 6) is -0.376. The zero-order valence-electron chi connectivity index (χ0n) is 11.9. The van der Waals surface area contributed by atoms with Gasteiger partial charge >= 0.3 is 12.1 Å². The summed E-state index contributed by atoms with van der Waals surface area (Å²) in [6, 6.07) is 9.48. The number of carbonyl (C=O) groups excluding carboxylic acids is 2. The number of amides is 1. The van der Waals surface area contributed by atoms with E-state index in [4.69, 9.17) is 4.74 Å². The van der Waals surface area contributed by atoms with Crippen molar-refractivity contribution in [3.05, 3.63) is 35.9 Å². The van der Waals surface area contributed by atoms with E-state index in [1.54, 1.807) is 6.92 Å². The summed E-state index contributed by atoms with van der Waals surface area (Å²) in [5, 5.41) is 2.65. The minimum Gasteiger partial charge on any atom is -0.469 e. The smallest absolute Gasteiger partial charge is 0.407 e. The van der Waals surface area contributed by atoms with Crippen molar-refractivity contribution in [3.8, 4) is 0 Å². The van der Waals surface area contributed by atoms with Crippen LogP contribution in [-0.4, -0.2) is 25.7 Å². The minimum atomic E-state index is -0.445. The Labute approximate surface area is 119 Å². The molecule has 1 atom stereocenters. The highest BCUT2D eigenvalue weighted by Gasteiger charge is 2.12. The van der Waals surface area contributed by atoms with Gasteiger partial charge in [0.05, 0.1) is 13.0 Å². The summed E-state index contributed by atoms with van der Waals surface area (Å²) in [7, 11) is 1.37. The third-order valence-corrected chi connectivity index (χ3v) is 2.90. The molecule has 0 fully saturated rings. The van der Waals surface area contributed by atoms with Crippen molar-refractivity contribution in [1.29, 1.82) is 0 Å². The second-order valence-corrected chi connectivity index (χ2v) is 4.55. The largest absolute Gasteiger partial charge is 0.469 e. The fourth-order valence-corrected chi connectivity index (χ4v) is 1.69. The Morgan fingerprint density at radius 3 is 2.60 bits per heavy atom. The molecule has 5 nitrogen and oxygen atoms in total. The van der Waals surface area contributed by atoms with Crippen LogP contribution in [0.4, 0.5) is 4.79 Å². The topological polar surface area (TPSA) is 64.6 Å². The van der Waals surface area contributed by atoms with E-state index in [9.17, 15) is 9.59 Å². The van der Waals surface area contributed by atoms with Gasteiger partial charge < -0.3 is 14.8 Å². The molecular weight excluding hydrogens is 258 g/mol. The Morgan fingerprint density at radius 2 is 1.95 bits per heavy atom. The summed E-state index contributed by atoms with van der Waals surface area (Å²) in [6.07, 6.45) is 0.932. The molecule has 1 rings (SSSR count). The van der Waals surface area contributed by atoms with Crippen LogP contribution in [0.1, 0.15) is 25.3 Å². The zero-order chi connectivity index (χ0) is 14.8. The van der Waals surface area contributed by atoms with E-state index in [1.807, 2.05) is 30.3 Å². The van der Waals surface area contributed by atoms with E-state index in [-0.39, 0.29) is 18.5 Å². The van der Waals surface area contributed by atoms with Crippen molar-refractivity contribution in [2.24, 2.45) is 5.92 Å². The first-order valence-electron chi connectivity index (χ1n) is 6.66. The van der Waals surface area contributed by atoms with Crippen LogP contribution in [-0.2, 0) is 20.9 Å². The lowest BCUT2D eigenvalue weighted by Crippen LogP contribution is -2.26. The molecule has 0 aliphatic heterocycles. The van der Waals surface area contributed by atoms with Gasteiger partial charge in [-0.15, -0.1) is 0 Å². The molecule has 1 aromatic rings. The van der Waals surface area contributed by atoms with E-state index in [0.29, 0.717) is 19.4 Å². The van der Waals surface area contributed by atoms with Crippen LogP contribution in [0.3, 0.4) is 0 Å². The van der Waals surface area contributed by atoms with Crippen molar-refractivity contribution in [3.63, 3.8) is 0 Å². The van der Waals surface area contributed by atoms with Crippen LogP contribution in [0, 0.1) is 5.92 Å². The van der Waals surface area contributed by atoms with Crippen LogP contribution in [0.2, 0.25) is 0 Å². The van der Waals surface area contributed by atoms with Crippen molar-refractivity contribution in [1.82, 2.24) is 5.32 Å². The summed E-state index contributed by atoms with van der Waals surface area (Å²) in [4.78, 5) is 22.6. The number of benzene rings is 1. The standard InChI is InChI=1S/C15H21NO4/c1-12(14(17)19-2)7-6-10-16-15(18)20-11-13-8-4-3-5-9-13/h3-5,8-9,12H,6-7,10-11H2,1-2H3,(H,16,18)/t12-/m0/s1. The molecule has 20 heavy (non-hydrogen) atoms. The second kappa shape index (κ2) is 8.96. The number of hydrogen-bond acceptors (Lipinski definition) is 4. The normalized spacial score (nSPS) is 11.5. The molecule has 0 aliphatic rings. The van der Waals surface area contributed by atoms with Crippen molar-refractivity contribution >= 4 is 12.1 Å². The van der Waals surface area contributed by atoms with E-state index >= 15 is 0 Å². The molecule has 0 aromatic heterocycles. The van der Waals surface area contributed by atoms with Crippen LogP contribution in [0.25, 0.3) is 0 Å². The molecule has 0 saturated heterocycles. The molecule has 110 valence electrons. The Morgan fingerprint density at radius 1 is 1.25 bits per heavy atom. The summed E-state index contributed by atoms with van der Waals surface area (Å²) in [5.41, 5.74) is 0.946. The molecule has 1 aromatic carbocycles. The summed E-state index contributed by atoms with van der Waals surface area (Å²) >= 11 is 0. The molecule has 0 aliphatic carbocycles. The number of methoxy groups -OCH3 is 1. The van der Waals surface area contributed by atoms with Gasteiger partial charge in [-0.2, -0.15) is 0 Å². The predicted octanol–water partition coefficient (Wildman–Crippen LogP) is 2.50. The van der Waals surface area contributed by atoms with E-state index < -0.39 is 6.09 Å². The quantitative estimate of drug-likeness (QED) is 0.615. The highest BCUT2D eigenvalue weighted by atomic mass is 16.5. The maximum Gasteiger partial charge on any atom is 0.407 e. The number of carbonyl (C=O) groups is 2. The zero-order valence-corrected chi connectivity index (χ0v) is 11.9. The molecule has 0 unspecified atom stereocenters. The van der Waals surface area contributed by atoms with Crippen LogP contribution >= 0.6 is 0 Å². The molecule has 1 amide bonds. The summed E-state index contributed by atoms with van der Waals surface area (Å²) < 4.78 is 9.69. The molecule has 0 heterocycles. The van der Waals surface area contributed by atoms with Gasteiger partial charge in [0.25, 0.3) is 0 Å². The third-order valence-electron chi connectivity index (χ3n) is 2.90. The number of hydrogen-bond donors (Lipinski definition) is 1. The second-order valence-electron chi connectivity index (χ2n) is 4.55. The number of alkyl carbamates (subject to hydrolysis) is 1. The number of nitrogens with one attached hydrogen (secondary N) is 1. The van der Waals surface area contributed by atoms with Crippen molar-refractivity contribution in [2.75, 3.05) is 13.7 Å². The van der Waals surface area contributed by atoms with Gasteiger partial charge in [0.15, 0.2) is 0 Å². The predicted molar refractivity (Wildman–Crippen MR) is 75.0 cm³/mol. The molecule has 0 bridgehead atoms. The molecule has 5 heteroatoms. The van der Waals surface area contributed by atoms with Gasteiger partial charge in [-0.1, -0.05) is 37.3 Å². The van der Waals surface area contributed by atoms with Gasteiger partial charge in [-0.05, 0) is 18.4 Å². The fraction of sp³-hybridized carbons (Fsp3) is 0.467. The van der Waals surface area contributed by atoms with Gasteiger partial charge in [0.1, 0.15) is 6.61 Å². The molecular formula is C15H21NO4. The minimum absolute atomic E-state index is 0.151. The summed E-state index contributed by atoms with van der Waals surface area (Å²) in [6.45, 7) is 2.54. The lowest BCUT2D eigenvalue weighted by Gasteiger charge is -2.09. The van der Waals surface area contributed by atoms with Crippen LogP contribution in [0.15, 0.2) is 30.3 Å². The first kappa shape index (κ1) is 16.0. The molecule has 0 radical (unpaired) electrons. The SMILES string of the molecule is COC(=O)[C@@H](C)CCCNC(=O)OCc1ccccc1.